The lowest BCUT2D eigenvalue weighted by molar-refractivity contribution is -0.122. The summed E-state index contributed by atoms with van der Waals surface area (Å²) in [4.78, 5) is 25.8. The minimum atomic E-state index is -0.299. The minimum Gasteiger partial charge on any atom is -0.461 e. The topological polar surface area (TPSA) is 120 Å². The van der Waals surface area contributed by atoms with Gasteiger partial charge in [0.25, 0.3) is 0 Å². The Hall–Kier alpha value is -2.12. The van der Waals surface area contributed by atoms with Gasteiger partial charge in [0.2, 0.25) is 17.8 Å². The van der Waals surface area contributed by atoms with Crippen molar-refractivity contribution in [3.8, 4) is 6.01 Å². The van der Waals surface area contributed by atoms with Crippen LogP contribution in [0.4, 0.5) is 11.9 Å². The molecule has 0 bridgehead atoms. The van der Waals surface area contributed by atoms with E-state index in [-0.39, 0.29) is 35.9 Å². The number of hydrogen-bond donors (Lipinski definition) is 2. The van der Waals surface area contributed by atoms with E-state index in [1.165, 1.54) is 0 Å². The summed E-state index contributed by atoms with van der Waals surface area (Å²) in [6.45, 7) is 6.31. The summed E-state index contributed by atoms with van der Waals surface area (Å²) in [7, 11) is 0. The summed E-state index contributed by atoms with van der Waals surface area (Å²) in [5.74, 6) is 0.0295. The number of ether oxygens (including phenoxy) is 1. The van der Waals surface area contributed by atoms with E-state index in [0.29, 0.717) is 12.5 Å². The monoisotopic (exact) mass is 294 g/mol. The number of rotatable bonds is 4. The molecule has 1 aliphatic rings. The summed E-state index contributed by atoms with van der Waals surface area (Å²) < 4.78 is 5.48. The molecular weight excluding hydrogens is 272 g/mol. The van der Waals surface area contributed by atoms with Gasteiger partial charge >= 0.3 is 6.01 Å². The number of hydrogen-bond acceptors (Lipinski definition) is 7. The van der Waals surface area contributed by atoms with E-state index in [1.807, 2.05) is 18.7 Å². The number of anilines is 2. The molecule has 1 saturated heterocycles. The average Bonchev–Trinajstić information content (AvgIpc) is 2.37. The highest BCUT2D eigenvalue weighted by atomic mass is 16.5. The number of nitrogens with two attached hydrogens (primary N) is 2. The quantitative estimate of drug-likeness (QED) is 0.820. The van der Waals surface area contributed by atoms with Crippen molar-refractivity contribution in [1.29, 1.82) is 0 Å². The molecule has 2 atom stereocenters. The number of carbonyl (C=O) groups is 1. The van der Waals surface area contributed by atoms with Gasteiger partial charge in [-0.15, -0.1) is 0 Å². The van der Waals surface area contributed by atoms with E-state index >= 15 is 0 Å². The molecule has 0 saturated carbocycles. The standard InChI is InChI=1S/C13H22N6O2/c1-7(2)21-13-17-11(15)16-12(18-13)19-6-9(10(14)20)5-4-8(19)3/h7-9H,4-6H2,1-3H3,(H2,14,20)(H2,15,16,17,18). The van der Waals surface area contributed by atoms with Crippen molar-refractivity contribution in [3.63, 3.8) is 0 Å². The van der Waals surface area contributed by atoms with Gasteiger partial charge in [0.1, 0.15) is 0 Å². The Labute approximate surface area is 123 Å². The highest BCUT2D eigenvalue weighted by molar-refractivity contribution is 5.77. The van der Waals surface area contributed by atoms with Gasteiger partial charge < -0.3 is 21.1 Å². The minimum absolute atomic E-state index is 0.0585. The first-order valence-corrected chi connectivity index (χ1v) is 7.11. The average molecular weight is 294 g/mol. The maximum atomic E-state index is 11.4. The van der Waals surface area contributed by atoms with Gasteiger partial charge in [0, 0.05) is 12.6 Å². The second kappa shape index (κ2) is 6.11. The van der Waals surface area contributed by atoms with Crippen LogP contribution in [0.2, 0.25) is 0 Å². The van der Waals surface area contributed by atoms with Gasteiger partial charge in [-0.2, -0.15) is 15.0 Å². The molecule has 2 unspecified atom stereocenters. The van der Waals surface area contributed by atoms with Crippen LogP contribution in [-0.4, -0.2) is 39.5 Å². The number of carbonyl (C=O) groups excluding carboxylic acids is 1. The number of nitrogens with zero attached hydrogens (tertiary/aromatic N) is 4. The van der Waals surface area contributed by atoms with Crippen LogP contribution in [0.15, 0.2) is 0 Å². The molecule has 0 aliphatic carbocycles. The summed E-state index contributed by atoms with van der Waals surface area (Å²) in [5, 5.41) is 0. The van der Waals surface area contributed by atoms with Gasteiger partial charge in [0.15, 0.2) is 0 Å². The van der Waals surface area contributed by atoms with Crippen LogP contribution in [0.3, 0.4) is 0 Å². The second-order valence-electron chi connectivity index (χ2n) is 5.62. The zero-order valence-electron chi connectivity index (χ0n) is 12.6. The van der Waals surface area contributed by atoms with Crippen LogP contribution < -0.4 is 21.1 Å². The largest absolute Gasteiger partial charge is 0.461 e. The number of amides is 1. The molecule has 0 radical (unpaired) electrons. The molecule has 116 valence electrons. The molecule has 1 aliphatic heterocycles. The Kier molecular flexibility index (Phi) is 4.44. The summed E-state index contributed by atoms with van der Waals surface area (Å²) in [5.41, 5.74) is 11.1. The molecule has 21 heavy (non-hydrogen) atoms. The Morgan fingerprint density at radius 2 is 2.05 bits per heavy atom. The molecule has 8 nitrogen and oxygen atoms in total. The molecule has 1 aromatic rings. The van der Waals surface area contributed by atoms with Gasteiger partial charge in [-0.25, -0.2) is 0 Å². The lowest BCUT2D eigenvalue weighted by Gasteiger charge is -2.36. The molecule has 8 heteroatoms. The van der Waals surface area contributed by atoms with E-state index in [1.54, 1.807) is 0 Å². The van der Waals surface area contributed by atoms with Crippen molar-refractivity contribution in [3.05, 3.63) is 0 Å². The molecule has 1 amide bonds. The van der Waals surface area contributed by atoms with Crippen molar-refractivity contribution in [2.45, 2.75) is 45.8 Å². The predicted octanol–water partition coefficient (Wildman–Crippen LogP) is 0.331. The molecule has 0 spiro atoms. The number of piperidine rings is 1. The van der Waals surface area contributed by atoms with Crippen molar-refractivity contribution in [2.75, 3.05) is 17.2 Å². The second-order valence-corrected chi connectivity index (χ2v) is 5.62. The molecule has 2 heterocycles. The lowest BCUT2D eigenvalue weighted by Crippen LogP contribution is -2.46. The number of primary amides is 1. The Balaban J connectivity index is 2.26. The lowest BCUT2D eigenvalue weighted by atomic mass is 9.93. The van der Waals surface area contributed by atoms with Crippen LogP contribution >= 0.6 is 0 Å². The van der Waals surface area contributed by atoms with E-state index in [2.05, 4.69) is 21.9 Å². The van der Waals surface area contributed by atoms with Crippen LogP contribution in [-0.2, 0) is 4.79 Å². The molecule has 4 N–H and O–H groups in total. The van der Waals surface area contributed by atoms with Crippen LogP contribution in [0.25, 0.3) is 0 Å². The zero-order chi connectivity index (χ0) is 15.6. The third-order valence-corrected chi connectivity index (χ3v) is 3.50. The van der Waals surface area contributed by atoms with E-state index in [0.717, 1.165) is 12.8 Å². The van der Waals surface area contributed by atoms with Gasteiger partial charge in [-0.05, 0) is 33.6 Å². The third-order valence-electron chi connectivity index (χ3n) is 3.50. The maximum Gasteiger partial charge on any atom is 0.323 e. The molecule has 1 fully saturated rings. The van der Waals surface area contributed by atoms with E-state index in [9.17, 15) is 4.79 Å². The van der Waals surface area contributed by atoms with Gasteiger partial charge in [0.05, 0.1) is 12.0 Å². The van der Waals surface area contributed by atoms with Crippen molar-refractivity contribution < 1.29 is 9.53 Å². The van der Waals surface area contributed by atoms with Crippen LogP contribution in [0, 0.1) is 5.92 Å². The smallest absolute Gasteiger partial charge is 0.323 e. The third kappa shape index (κ3) is 3.71. The summed E-state index contributed by atoms with van der Waals surface area (Å²) in [6, 6.07) is 0.398. The SMILES string of the molecule is CC(C)Oc1nc(N)nc(N2CC(C(N)=O)CCC2C)n1. The maximum absolute atomic E-state index is 11.4. The van der Waals surface area contributed by atoms with Gasteiger partial charge in [-0.3, -0.25) is 4.79 Å². The predicted molar refractivity (Wildman–Crippen MR) is 78.7 cm³/mol. The van der Waals surface area contributed by atoms with Crippen LogP contribution in [0.1, 0.15) is 33.6 Å². The normalized spacial score (nSPS) is 22.4. The molecule has 2 rings (SSSR count). The van der Waals surface area contributed by atoms with Crippen LogP contribution in [0.5, 0.6) is 6.01 Å². The fourth-order valence-electron chi connectivity index (χ4n) is 2.37. The Bertz CT molecular complexity index is 521. The fraction of sp³-hybridized carbons (Fsp3) is 0.692. The Morgan fingerprint density at radius 3 is 2.67 bits per heavy atom. The first-order chi connectivity index (χ1) is 9.86. The number of aromatic nitrogens is 3. The Morgan fingerprint density at radius 1 is 1.33 bits per heavy atom. The first kappa shape index (κ1) is 15.3. The molecule has 0 aromatic carbocycles. The van der Waals surface area contributed by atoms with E-state index < -0.39 is 0 Å². The van der Waals surface area contributed by atoms with Crippen molar-refractivity contribution in [1.82, 2.24) is 15.0 Å². The molecular formula is C13H22N6O2. The summed E-state index contributed by atoms with van der Waals surface area (Å²) >= 11 is 0. The fourth-order valence-corrected chi connectivity index (χ4v) is 2.37. The van der Waals surface area contributed by atoms with Gasteiger partial charge in [-0.1, -0.05) is 0 Å². The number of nitrogen functional groups attached to an aromatic ring is 1. The van der Waals surface area contributed by atoms with E-state index in [4.69, 9.17) is 16.2 Å². The molecule has 1 aromatic heterocycles. The highest BCUT2D eigenvalue weighted by Crippen LogP contribution is 2.26. The van der Waals surface area contributed by atoms with Crippen molar-refractivity contribution >= 4 is 17.8 Å². The first-order valence-electron chi connectivity index (χ1n) is 7.11. The van der Waals surface area contributed by atoms with Crippen molar-refractivity contribution in [2.24, 2.45) is 11.7 Å². The summed E-state index contributed by atoms with van der Waals surface area (Å²) in [6.07, 6.45) is 1.57. The highest BCUT2D eigenvalue weighted by Gasteiger charge is 2.30. The zero-order valence-corrected chi connectivity index (χ0v) is 12.6.